The van der Waals surface area contributed by atoms with Crippen LogP contribution in [0.5, 0.6) is 0 Å². The molecule has 1 aliphatic rings. The number of methoxy groups -OCH3 is 1. The SMILES string of the molecule is CNCC(=O)N1C[C@H](OC)[C@H](n2ccnc2)C1. The number of ether oxygens (including phenoxy) is 1. The van der Waals surface area contributed by atoms with E-state index in [4.69, 9.17) is 4.74 Å². The Hall–Kier alpha value is -1.40. The molecule has 2 atom stereocenters. The topological polar surface area (TPSA) is 59.4 Å². The molecule has 1 aromatic heterocycles. The third-order valence-electron chi connectivity index (χ3n) is 3.13. The Morgan fingerprint density at radius 3 is 3.00 bits per heavy atom. The molecule has 6 nitrogen and oxygen atoms in total. The van der Waals surface area contributed by atoms with E-state index in [1.54, 1.807) is 26.7 Å². The summed E-state index contributed by atoms with van der Waals surface area (Å²) in [6.07, 6.45) is 5.45. The third kappa shape index (κ3) is 2.48. The molecule has 1 N–H and O–H groups in total. The first-order chi connectivity index (χ1) is 8.26. The van der Waals surface area contributed by atoms with Crippen molar-refractivity contribution in [2.75, 3.05) is 33.8 Å². The van der Waals surface area contributed by atoms with Gasteiger partial charge in [-0.15, -0.1) is 0 Å². The van der Waals surface area contributed by atoms with E-state index in [2.05, 4.69) is 10.3 Å². The zero-order chi connectivity index (χ0) is 12.3. The van der Waals surface area contributed by atoms with Gasteiger partial charge in [0.15, 0.2) is 0 Å². The van der Waals surface area contributed by atoms with Crippen LogP contribution in [0.3, 0.4) is 0 Å². The minimum absolute atomic E-state index is 0.0324. The number of nitrogens with one attached hydrogen (secondary N) is 1. The number of carbonyl (C=O) groups excluding carboxylic acids is 1. The first kappa shape index (κ1) is 12.1. The first-order valence-electron chi connectivity index (χ1n) is 5.69. The molecule has 0 spiro atoms. The van der Waals surface area contributed by atoms with Crippen LogP contribution in [0.15, 0.2) is 18.7 Å². The predicted octanol–water partition coefficient (Wildman–Crippen LogP) is -0.499. The lowest BCUT2D eigenvalue weighted by atomic mass is 10.2. The fourth-order valence-corrected chi connectivity index (χ4v) is 2.21. The fraction of sp³-hybridized carbons (Fsp3) is 0.636. The number of likely N-dealkylation sites (N-methyl/N-ethyl adjacent to an activating group) is 1. The summed E-state index contributed by atoms with van der Waals surface area (Å²) < 4.78 is 7.44. The second kappa shape index (κ2) is 5.29. The first-order valence-corrected chi connectivity index (χ1v) is 5.69. The van der Waals surface area contributed by atoms with E-state index >= 15 is 0 Å². The maximum absolute atomic E-state index is 11.8. The molecule has 17 heavy (non-hydrogen) atoms. The number of hydrogen-bond donors (Lipinski definition) is 1. The van der Waals surface area contributed by atoms with Gasteiger partial charge >= 0.3 is 0 Å². The highest BCUT2D eigenvalue weighted by Gasteiger charge is 2.35. The van der Waals surface area contributed by atoms with Gasteiger partial charge in [0.2, 0.25) is 5.91 Å². The molecule has 2 rings (SSSR count). The normalized spacial score (nSPS) is 24.2. The van der Waals surface area contributed by atoms with Crippen molar-refractivity contribution in [1.29, 1.82) is 0 Å². The molecule has 1 aromatic rings. The monoisotopic (exact) mass is 238 g/mol. The molecule has 1 aliphatic heterocycles. The average Bonchev–Trinajstić information content (AvgIpc) is 2.97. The average molecular weight is 238 g/mol. The maximum atomic E-state index is 11.8. The van der Waals surface area contributed by atoms with Crippen molar-refractivity contribution in [1.82, 2.24) is 19.8 Å². The van der Waals surface area contributed by atoms with Crippen molar-refractivity contribution in [3.8, 4) is 0 Å². The van der Waals surface area contributed by atoms with Crippen LogP contribution < -0.4 is 5.32 Å². The molecule has 0 aliphatic carbocycles. The molecule has 1 saturated heterocycles. The van der Waals surface area contributed by atoms with Crippen molar-refractivity contribution in [3.05, 3.63) is 18.7 Å². The Morgan fingerprint density at radius 1 is 1.59 bits per heavy atom. The minimum Gasteiger partial charge on any atom is -0.377 e. The molecule has 1 fully saturated rings. The quantitative estimate of drug-likeness (QED) is 0.768. The molecule has 0 aromatic carbocycles. The van der Waals surface area contributed by atoms with Crippen LogP contribution in [0.4, 0.5) is 0 Å². The molecule has 94 valence electrons. The zero-order valence-corrected chi connectivity index (χ0v) is 10.2. The van der Waals surface area contributed by atoms with Gasteiger partial charge in [0, 0.05) is 32.6 Å². The van der Waals surface area contributed by atoms with E-state index < -0.39 is 0 Å². The molecule has 0 unspecified atom stereocenters. The van der Waals surface area contributed by atoms with Gasteiger partial charge in [-0.05, 0) is 7.05 Å². The van der Waals surface area contributed by atoms with Crippen LogP contribution in [-0.2, 0) is 9.53 Å². The van der Waals surface area contributed by atoms with Gasteiger partial charge in [-0.25, -0.2) is 4.98 Å². The predicted molar refractivity (Wildman–Crippen MR) is 62.6 cm³/mol. The Bertz CT molecular complexity index is 366. The highest BCUT2D eigenvalue weighted by Crippen LogP contribution is 2.24. The largest absolute Gasteiger partial charge is 0.377 e. The van der Waals surface area contributed by atoms with E-state index in [1.807, 2.05) is 15.7 Å². The number of rotatable bonds is 4. The lowest BCUT2D eigenvalue weighted by Gasteiger charge is -2.17. The summed E-state index contributed by atoms with van der Waals surface area (Å²) in [7, 11) is 3.45. The highest BCUT2D eigenvalue weighted by atomic mass is 16.5. The number of aromatic nitrogens is 2. The van der Waals surface area contributed by atoms with Crippen molar-refractivity contribution in [3.63, 3.8) is 0 Å². The Kier molecular flexibility index (Phi) is 3.75. The molecule has 2 heterocycles. The standard InChI is InChI=1S/C11H18N4O2/c1-12-5-11(16)15-6-9(10(7-15)17-2)14-4-3-13-8-14/h3-4,8-10,12H,5-7H2,1-2H3/t9-,10+/m1/s1. The van der Waals surface area contributed by atoms with Crippen LogP contribution in [0.25, 0.3) is 0 Å². The smallest absolute Gasteiger partial charge is 0.236 e. The summed E-state index contributed by atoms with van der Waals surface area (Å²) in [5.74, 6) is 0.108. The summed E-state index contributed by atoms with van der Waals surface area (Å²) in [6, 6.07) is 0.156. The molecular formula is C11H18N4O2. The van der Waals surface area contributed by atoms with E-state index in [0.717, 1.165) is 0 Å². The molecule has 1 amide bonds. The number of imidazole rings is 1. The van der Waals surface area contributed by atoms with Crippen LogP contribution in [0, 0.1) is 0 Å². The van der Waals surface area contributed by atoms with Crippen molar-refractivity contribution < 1.29 is 9.53 Å². The van der Waals surface area contributed by atoms with E-state index in [9.17, 15) is 4.79 Å². The van der Waals surface area contributed by atoms with E-state index in [-0.39, 0.29) is 18.1 Å². The number of nitrogens with zero attached hydrogens (tertiary/aromatic N) is 3. The summed E-state index contributed by atoms with van der Waals surface area (Å²) in [5, 5.41) is 2.88. The second-order valence-electron chi connectivity index (χ2n) is 4.18. The number of likely N-dealkylation sites (tertiary alicyclic amines) is 1. The zero-order valence-electron chi connectivity index (χ0n) is 10.2. The van der Waals surface area contributed by atoms with Crippen LogP contribution in [0.2, 0.25) is 0 Å². The van der Waals surface area contributed by atoms with Gasteiger partial charge in [-0.1, -0.05) is 0 Å². The van der Waals surface area contributed by atoms with Gasteiger partial charge in [-0.2, -0.15) is 0 Å². The van der Waals surface area contributed by atoms with E-state index in [1.165, 1.54) is 0 Å². The van der Waals surface area contributed by atoms with E-state index in [0.29, 0.717) is 19.6 Å². The van der Waals surface area contributed by atoms with Gasteiger partial charge < -0.3 is 19.5 Å². The number of carbonyl (C=O) groups is 1. The summed E-state index contributed by atoms with van der Waals surface area (Å²) in [4.78, 5) is 17.7. The molecular weight excluding hydrogens is 220 g/mol. The molecule has 0 bridgehead atoms. The lowest BCUT2D eigenvalue weighted by Crippen LogP contribution is -2.36. The Balaban J connectivity index is 2.06. The maximum Gasteiger partial charge on any atom is 0.236 e. The van der Waals surface area contributed by atoms with Gasteiger partial charge in [-0.3, -0.25) is 4.79 Å². The third-order valence-corrected chi connectivity index (χ3v) is 3.13. The fourth-order valence-electron chi connectivity index (χ4n) is 2.21. The van der Waals surface area contributed by atoms with Crippen LogP contribution in [0.1, 0.15) is 6.04 Å². The molecule has 6 heteroatoms. The lowest BCUT2D eigenvalue weighted by molar-refractivity contribution is -0.129. The van der Waals surface area contributed by atoms with Crippen molar-refractivity contribution in [2.45, 2.75) is 12.1 Å². The van der Waals surface area contributed by atoms with Crippen LogP contribution >= 0.6 is 0 Å². The minimum atomic E-state index is 0.0324. The number of hydrogen-bond acceptors (Lipinski definition) is 4. The van der Waals surface area contributed by atoms with Crippen LogP contribution in [-0.4, -0.2) is 60.3 Å². The highest BCUT2D eigenvalue weighted by molar-refractivity contribution is 5.78. The molecule has 0 radical (unpaired) electrons. The van der Waals surface area contributed by atoms with Gasteiger partial charge in [0.05, 0.1) is 25.0 Å². The van der Waals surface area contributed by atoms with Crippen molar-refractivity contribution in [2.24, 2.45) is 0 Å². The summed E-state index contributed by atoms with van der Waals surface area (Å²) in [6.45, 7) is 1.68. The second-order valence-corrected chi connectivity index (χ2v) is 4.18. The van der Waals surface area contributed by atoms with Gasteiger partial charge in [0.25, 0.3) is 0 Å². The Morgan fingerprint density at radius 2 is 2.41 bits per heavy atom. The Labute approximate surface area is 101 Å². The summed E-state index contributed by atoms with van der Waals surface area (Å²) >= 11 is 0. The number of amides is 1. The van der Waals surface area contributed by atoms with Crippen molar-refractivity contribution >= 4 is 5.91 Å². The summed E-state index contributed by atoms with van der Waals surface area (Å²) in [5.41, 5.74) is 0. The van der Waals surface area contributed by atoms with Gasteiger partial charge in [0.1, 0.15) is 0 Å². The molecule has 0 saturated carbocycles.